The molecule has 0 bridgehead atoms. The van der Waals surface area contributed by atoms with E-state index in [1.54, 1.807) is 24.3 Å². The summed E-state index contributed by atoms with van der Waals surface area (Å²) in [5.74, 6) is -1.03. The van der Waals surface area contributed by atoms with Crippen molar-refractivity contribution in [2.24, 2.45) is 5.92 Å². The van der Waals surface area contributed by atoms with Gasteiger partial charge < -0.3 is 25.0 Å². The molecule has 2 aliphatic rings. The number of morpholine rings is 1. The van der Waals surface area contributed by atoms with Crippen LogP contribution in [0.15, 0.2) is 48.5 Å². The first-order valence-electron chi connectivity index (χ1n) is 12.3. The first-order valence-corrected chi connectivity index (χ1v) is 12.3. The molecule has 12 heteroatoms. The molecule has 3 amide bonds. The molecule has 4 rings (SSSR count). The van der Waals surface area contributed by atoms with E-state index in [0.29, 0.717) is 31.2 Å². The molecule has 0 aromatic heterocycles. The van der Waals surface area contributed by atoms with Crippen molar-refractivity contribution in [2.75, 3.05) is 62.8 Å². The van der Waals surface area contributed by atoms with Crippen LogP contribution in [0.3, 0.4) is 0 Å². The van der Waals surface area contributed by atoms with Crippen LogP contribution in [0, 0.1) is 5.92 Å². The summed E-state index contributed by atoms with van der Waals surface area (Å²) in [5, 5.41) is 5.29. The molecule has 2 heterocycles. The number of alkyl halides is 3. The summed E-state index contributed by atoms with van der Waals surface area (Å²) in [6.45, 7) is 4.16. The van der Waals surface area contributed by atoms with Gasteiger partial charge in [0.1, 0.15) is 5.75 Å². The normalized spacial score (nSPS) is 18.3. The van der Waals surface area contributed by atoms with E-state index in [0.717, 1.165) is 31.8 Å². The van der Waals surface area contributed by atoms with Gasteiger partial charge in [-0.3, -0.25) is 19.3 Å². The van der Waals surface area contributed by atoms with E-state index in [2.05, 4.69) is 15.5 Å². The van der Waals surface area contributed by atoms with Gasteiger partial charge in [-0.1, -0.05) is 6.07 Å². The topological polar surface area (TPSA) is 100 Å². The SMILES string of the molecule is O=C(COc1ccc(N2C[C@H](C(=O)NCCN3CCOCC3)CC2=O)cc1)Nc1cccc(C(F)(F)F)c1. The highest BCUT2D eigenvalue weighted by Crippen LogP contribution is 2.31. The van der Waals surface area contributed by atoms with Crippen molar-refractivity contribution in [3.63, 3.8) is 0 Å². The highest BCUT2D eigenvalue weighted by atomic mass is 19.4. The Morgan fingerprint density at radius 3 is 2.53 bits per heavy atom. The number of ether oxygens (including phenoxy) is 2. The fourth-order valence-corrected chi connectivity index (χ4v) is 4.28. The maximum Gasteiger partial charge on any atom is 0.416 e. The molecule has 0 unspecified atom stereocenters. The molecule has 2 fully saturated rings. The fourth-order valence-electron chi connectivity index (χ4n) is 4.28. The summed E-state index contributed by atoms with van der Waals surface area (Å²) >= 11 is 0. The molecule has 0 aliphatic carbocycles. The van der Waals surface area contributed by atoms with Gasteiger partial charge in [0.05, 0.1) is 24.7 Å². The van der Waals surface area contributed by atoms with E-state index in [1.165, 1.54) is 17.0 Å². The van der Waals surface area contributed by atoms with Crippen LogP contribution in [-0.2, 0) is 25.3 Å². The Morgan fingerprint density at radius 2 is 1.82 bits per heavy atom. The minimum atomic E-state index is -4.51. The average Bonchev–Trinajstić information content (AvgIpc) is 3.29. The number of amides is 3. The largest absolute Gasteiger partial charge is 0.484 e. The highest BCUT2D eigenvalue weighted by molar-refractivity contribution is 6.00. The van der Waals surface area contributed by atoms with Crippen LogP contribution in [0.25, 0.3) is 0 Å². The van der Waals surface area contributed by atoms with Crippen molar-refractivity contribution >= 4 is 29.1 Å². The zero-order chi connectivity index (χ0) is 27.1. The van der Waals surface area contributed by atoms with Crippen molar-refractivity contribution in [3.05, 3.63) is 54.1 Å². The zero-order valence-electron chi connectivity index (χ0n) is 20.6. The lowest BCUT2D eigenvalue weighted by Gasteiger charge is -2.26. The molecule has 2 aromatic rings. The molecule has 2 N–H and O–H groups in total. The van der Waals surface area contributed by atoms with E-state index in [-0.39, 0.29) is 30.5 Å². The molecule has 204 valence electrons. The monoisotopic (exact) mass is 534 g/mol. The molecule has 1 atom stereocenters. The predicted molar refractivity (Wildman–Crippen MR) is 133 cm³/mol. The van der Waals surface area contributed by atoms with Crippen LogP contribution in [0.2, 0.25) is 0 Å². The minimum Gasteiger partial charge on any atom is -0.484 e. The maximum absolute atomic E-state index is 12.8. The highest BCUT2D eigenvalue weighted by Gasteiger charge is 2.35. The minimum absolute atomic E-state index is 0.0102. The summed E-state index contributed by atoms with van der Waals surface area (Å²) < 4.78 is 49.2. The van der Waals surface area contributed by atoms with Crippen LogP contribution < -0.4 is 20.3 Å². The molecule has 38 heavy (non-hydrogen) atoms. The second-order valence-corrected chi connectivity index (χ2v) is 9.06. The van der Waals surface area contributed by atoms with Crippen molar-refractivity contribution in [3.8, 4) is 5.75 Å². The molecular formula is C26H29F3N4O5. The number of carbonyl (C=O) groups excluding carboxylic acids is 3. The van der Waals surface area contributed by atoms with Gasteiger partial charge >= 0.3 is 6.18 Å². The third-order valence-corrected chi connectivity index (χ3v) is 6.32. The van der Waals surface area contributed by atoms with Crippen LogP contribution >= 0.6 is 0 Å². The van der Waals surface area contributed by atoms with Gasteiger partial charge in [0.2, 0.25) is 11.8 Å². The Balaban J connectivity index is 1.22. The third-order valence-electron chi connectivity index (χ3n) is 6.32. The number of benzene rings is 2. The standard InChI is InChI=1S/C26H29F3N4O5/c27-26(28,29)19-2-1-3-20(15-19)31-23(34)17-38-22-6-4-21(5-7-22)33-16-18(14-24(33)35)25(36)30-8-9-32-10-12-37-13-11-32/h1-7,15,18H,8-14,16-17H2,(H,30,36)(H,31,34)/t18-/m1/s1. The number of anilines is 2. The number of nitrogens with one attached hydrogen (secondary N) is 2. The molecule has 2 aliphatic heterocycles. The number of halogens is 3. The summed E-state index contributed by atoms with van der Waals surface area (Å²) in [5.41, 5.74) is -0.258. The Bertz CT molecular complexity index is 1140. The quantitative estimate of drug-likeness (QED) is 0.513. The van der Waals surface area contributed by atoms with Gasteiger partial charge in [-0.15, -0.1) is 0 Å². The fraction of sp³-hybridized carbons (Fsp3) is 0.423. The lowest BCUT2D eigenvalue weighted by Crippen LogP contribution is -2.42. The molecule has 0 radical (unpaired) electrons. The molecule has 9 nitrogen and oxygen atoms in total. The number of nitrogens with zero attached hydrogens (tertiary/aromatic N) is 2. The average molecular weight is 535 g/mol. The molecule has 0 saturated carbocycles. The van der Waals surface area contributed by atoms with Gasteiger partial charge in [-0.05, 0) is 42.5 Å². The van der Waals surface area contributed by atoms with Gasteiger partial charge in [-0.2, -0.15) is 13.2 Å². The van der Waals surface area contributed by atoms with Crippen molar-refractivity contribution in [2.45, 2.75) is 12.6 Å². The second kappa shape index (κ2) is 12.3. The van der Waals surface area contributed by atoms with Gasteiger partial charge in [0.15, 0.2) is 6.61 Å². The van der Waals surface area contributed by atoms with Crippen LogP contribution in [0.1, 0.15) is 12.0 Å². The predicted octanol–water partition coefficient (Wildman–Crippen LogP) is 2.52. The lowest BCUT2D eigenvalue weighted by molar-refractivity contribution is -0.137. The van der Waals surface area contributed by atoms with Crippen LogP contribution in [-0.4, -0.2) is 75.2 Å². The van der Waals surface area contributed by atoms with E-state index in [1.807, 2.05) is 0 Å². The maximum atomic E-state index is 12.8. The number of hydrogen-bond donors (Lipinski definition) is 2. The van der Waals surface area contributed by atoms with Crippen molar-refractivity contribution < 1.29 is 37.0 Å². The summed E-state index contributed by atoms with van der Waals surface area (Å²) in [6.07, 6.45) is -4.39. The van der Waals surface area contributed by atoms with Gasteiger partial charge in [0.25, 0.3) is 5.91 Å². The zero-order valence-corrected chi connectivity index (χ0v) is 20.6. The number of hydrogen-bond acceptors (Lipinski definition) is 6. The van der Waals surface area contributed by atoms with E-state index in [4.69, 9.17) is 9.47 Å². The summed E-state index contributed by atoms with van der Waals surface area (Å²) in [6, 6.07) is 10.8. The summed E-state index contributed by atoms with van der Waals surface area (Å²) in [4.78, 5) is 41.0. The first-order chi connectivity index (χ1) is 18.2. The van der Waals surface area contributed by atoms with Crippen molar-refractivity contribution in [1.82, 2.24) is 10.2 Å². The molecular weight excluding hydrogens is 505 g/mol. The number of rotatable bonds is 9. The smallest absolute Gasteiger partial charge is 0.416 e. The lowest BCUT2D eigenvalue weighted by atomic mass is 10.1. The first kappa shape index (κ1) is 27.4. The van der Waals surface area contributed by atoms with Crippen molar-refractivity contribution in [1.29, 1.82) is 0 Å². The number of carbonyl (C=O) groups is 3. The Kier molecular flexibility index (Phi) is 8.85. The van der Waals surface area contributed by atoms with E-state index in [9.17, 15) is 27.6 Å². The molecule has 2 saturated heterocycles. The third kappa shape index (κ3) is 7.45. The summed E-state index contributed by atoms with van der Waals surface area (Å²) in [7, 11) is 0. The van der Waals surface area contributed by atoms with E-state index < -0.39 is 30.2 Å². The second-order valence-electron chi connectivity index (χ2n) is 9.06. The molecule has 2 aromatic carbocycles. The Morgan fingerprint density at radius 1 is 1.08 bits per heavy atom. The van der Waals surface area contributed by atoms with Gasteiger partial charge in [0, 0.05) is 50.5 Å². The van der Waals surface area contributed by atoms with Crippen LogP contribution in [0.5, 0.6) is 5.75 Å². The van der Waals surface area contributed by atoms with E-state index >= 15 is 0 Å². The van der Waals surface area contributed by atoms with Gasteiger partial charge in [-0.25, -0.2) is 0 Å². The Hall–Kier alpha value is -3.64. The molecule has 0 spiro atoms. The Labute approximate surface area is 217 Å². The van der Waals surface area contributed by atoms with Crippen LogP contribution in [0.4, 0.5) is 24.5 Å².